The number of aryl methyl sites for hydroxylation is 1. The summed E-state index contributed by atoms with van der Waals surface area (Å²) in [6, 6.07) is 4.61. The number of rotatable bonds is 3. The minimum absolute atomic E-state index is 0.0597. The van der Waals surface area contributed by atoms with Crippen LogP contribution in [0.1, 0.15) is 38.2 Å². The molecule has 0 radical (unpaired) electrons. The predicted octanol–water partition coefficient (Wildman–Crippen LogP) is 5.95. The van der Waals surface area contributed by atoms with Crippen LogP contribution in [0.2, 0.25) is 0 Å². The number of carbonyl (C=O) groups is 1. The summed E-state index contributed by atoms with van der Waals surface area (Å²) in [5, 5.41) is 0. The summed E-state index contributed by atoms with van der Waals surface area (Å²) in [5.74, 6) is -6.11. The van der Waals surface area contributed by atoms with E-state index >= 15 is 0 Å². The first-order valence-corrected chi connectivity index (χ1v) is 8.94. The number of carbonyl (C=O) groups excluding carboxylic acids is 1. The summed E-state index contributed by atoms with van der Waals surface area (Å²) >= 11 is 0. The fourth-order valence-electron chi connectivity index (χ4n) is 3.36. The van der Waals surface area contributed by atoms with Crippen LogP contribution < -0.4 is 4.74 Å². The monoisotopic (exact) mass is 380 g/mol. The van der Waals surface area contributed by atoms with E-state index in [1.807, 2.05) is 0 Å². The summed E-state index contributed by atoms with van der Waals surface area (Å²) in [5.41, 5.74) is -0.770. The topological polar surface area (TPSA) is 26.3 Å². The average molecular weight is 380 g/mol. The summed E-state index contributed by atoms with van der Waals surface area (Å²) in [7, 11) is 0. The normalized spacial score (nSPS) is 19.8. The summed E-state index contributed by atoms with van der Waals surface area (Å²) in [6.07, 6.45) is 3.06. The molecular weight excluding hydrogens is 360 g/mol. The Balaban J connectivity index is 1.85. The van der Waals surface area contributed by atoms with Crippen LogP contribution in [0.15, 0.2) is 24.3 Å². The first kappa shape index (κ1) is 19.4. The SMILES string of the molecule is Cc1ccc(-c2ccc(OC(=O)C3CCC(C)CC3)c(F)c2F)c(F)c1F. The van der Waals surface area contributed by atoms with Crippen molar-refractivity contribution < 1.29 is 27.1 Å². The molecule has 0 heterocycles. The molecule has 0 aromatic heterocycles. The van der Waals surface area contributed by atoms with Crippen molar-refractivity contribution in [3.8, 4) is 16.9 Å². The van der Waals surface area contributed by atoms with Crippen LogP contribution >= 0.6 is 0 Å². The molecule has 2 nitrogen and oxygen atoms in total. The van der Waals surface area contributed by atoms with Gasteiger partial charge in [-0.2, -0.15) is 4.39 Å². The van der Waals surface area contributed by atoms with Gasteiger partial charge in [0.2, 0.25) is 5.82 Å². The van der Waals surface area contributed by atoms with Crippen LogP contribution in [0.25, 0.3) is 11.1 Å². The Morgan fingerprint density at radius 2 is 1.41 bits per heavy atom. The fraction of sp³-hybridized carbons (Fsp3) is 0.381. The van der Waals surface area contributed by atoms with Crippen molar-refractivity contribution in [3.05, 3.63) is 53.1 Å². The Morgan fingerprint density at radius 3 is 2.04 bits per heavy atom. The number of hydrogen-bond donors (Lipinski definition) is 0. The number of benzene rings is 2. The Kier molecular flexibility index (Phi) is 5.53. The highest BCUT2D eigenvalue weighted by atomic mass is 19.2. The molecule has 144 valence electrons. The quantitative estimate of drug-likeness (QED) is 0.374. The Hall–Kier alpha value is -2.37. The molecular formula is C21H20F4O2. The zero-order valence-corrected chi connectivity index (χ0v) is 15.1. The lowest BCUT2D eigenvalue weighted by Crippen LogP contribution is -2.25. The second kappa shape index (κ2) is 7.71. The van der Waals surface area contributed by atoms with E-state index < -0.39 is 46.1 Å². The highest BCUT2D eigenvalue weighted by Gasteiger charge is 2.28. The molecule has 1 fully saturated rings. The van der Waals surface area contributed by atoms with E-state index in [9.17, 15) is 22.4 Å². The maximum Gasteiger partial charge on any atom is 0.314 e. The van der Waals surface area contributed by atoms with Gasteiger partial charge in [-0.15, -0.1) is 0 Å². The van der Waals surface area contributed by atoms with Crippen LogP contribution in [0.3, 0.4) is 0 Å². The molecule has 1 saturated carbocycles. The zero-order valence-electron chi connectivity index (χ0n) is 15.1. The second-order valence-corrected chi connectivity index (χ2v) is 7.18. The van der Waals surface area contributed by atoms with Gasteiger partial charge in [0.25, 0.3) is 0 Å². The lowest BCUT2D eigenvalue weighted by molar-refractivity contribution is -0.140. The van der Waals surface area contributed by atoms with Gasteiger partial charge in [-0.25, -0.2) is 13.2 Å². The van der Waals surface area contributed by atoms with Gasteiger partial charge >= 0.3 is 5.97 Å². The number of hydrogen-bond acceptors (Lipinski definition) is 2. The van der Waals surface area contributed by atoms with Gasteiger partial charge < -0.3 is 4.74 Å². The van der Waals surface area contributed by atoms with Gasteiger partial charge in [0.1, 0.15) is 0 Å². The Labute approximate surface area is 155 Å². The van der Waals surface area contributed by atoms with Gasteiger partial charge in [-0.05, 0) is 56.2 Å². The van der Waals surface area contributed by atoms with Crippen LogP contribution in [0.4, 0.5) is 17.6 Å². The van der Waals surface area contributed by atoms with Crippen LogP contribution in [-0.4, -0.2) is 5.97 Å². The van der Waals surface area contributed by atoms with Gasteiger partial charge in [0.15, 0.2) is 23.2 Å². The van der Waals surface area contributed by atoms with Gasteiger partial charge in [0, 0.05) is 11.1 Å². The Bertz CT molecular complexity index is 871. The van der Waals surface area contributed by atoms with Crippen molar-refractivity contribution in [2.75, 3.05) is 0 Å². The third kappa shape index (κ3) is 3.84. The molecule has 0 N–H and O–H groups in total. The van der Waals surface area contributed by atoms with Crippen LogP contribution in [0, 0.1) is 42.0 Å². The van der Waals surface area contributed by atoms with E-state index in [-0.39, 0.29) is 11.5 Å². The molecule has 0 amide bonds. The molecule has 1 aliphatic rings. The first-order chi connectivity index (χ1) is 12.8. The maximum atomic E-state index is 14.4. The van der Waals surface area contributed by atoms with E-state index in [0.717, 1.165) is 25.0 Å². The molecule has 6 heteroatoms. The lowest BCUT2D eigenvalue weighted by Gasteiger charge is -2.24. The van der Waals surface area contributed by atoms with Crippen molar-refractivity contribution in [2.24, 2.45) is 11.8 Å². The third-order valence-corrected chi connectivity index (χ3v) is 5.17. The van der Waals surface area contributed by atoms with Gasteiger partial charge in [-0.3, -0.25) is 4.79 Å². The van der Waals surface area contributed by atoms with E-state index in [2.05, 4.69) is 6.92 Å². The zero-order chi connectivity index (χ0) is 19.7. The molecule has 1 aliphatic carbocycles. The van der Waals surface area contributed by atoms with E-state index in [1.165, 1.54) is 19.1 Å². The first-order valence-electron chi connectivity index (χ1n) is 8.94. The standard InChI is InChI=1S/C21H20F4O2/c1-11-3-6-13(7-4-11)21(26)27-16-10-9-15(19(24)20(16)25)14-8-5-12(2)17(22)18(14)23/h5,8-11,13H,3-4,6-7H2,1-2H3. The lowest BCUT2D eigenvalue weighted by atomic mass is 9.83. The third-order valence-electron chi connectivity index (χ3n) is 5.17. The van der Waals surface area contributed by atoms with E-state index in [1.54, 1.807) is 0 Å². The molecule has 0 spiro atoms. The van der Waals surface area contributed by atoms with E-state index in [0.29, 0.717) is 18.8 Å². The molecule has 2 aromatic carbocycles. The number of esters is 1. The van der Waals surface area contributed by atoms with Crippen molar-refractivity contribution in [1.29, 1.82) is 0 Å². The maximum absolute atomic E-state index is 14.4. The highest BCUT2D eigenvalue weighted by Crippen LogP contribution is 2.34. The highest BCUT2D eigenvalue weighted by molar-refractivity contribution is 5.76. The fourth-order valence-corrected chi connectivity index (χ4v) is 3.36. The molecule has 0 unspecified atom stereocenters. The van der Waals surface area contributed by atoms with Crippen molar-refractivity contribution in [1.82, 2.24) is 0 Å². The largest absolute Gasteiger partial charge is 0.423 e. The molecule has 0 atom stereocenters. The van der Waals surface area contributed by atoms with E-state index in [4.69, 9.17) is 4.74 Å². The van der Waals surface area contributed by atoms with Crippen molar-refractivity contribution in [3.63, 3.8) is 0 Å². The number of halogens is 4. The van der Waals surface area contributed by atoms with Gasteiger partial charge in [-0.1, -0.05) is 19.1 Å². The van der Waals surface area contributed by atoms with Gasteiger partial charge in [0.05, 0.1) is 5.92 Å². The van der Waals surface area contributed by atoms with Crippen LogP contribution in [0.5, 0.6) is 5.75 Å². The summed E-state index contributed by atoms with van der Waals surface area (Å²) < 4.78 is 61.7. The van der Waals surface area contributed by atoms with Crippen molar-refractivity contribution >= 4 is 5.97 Å². The molecule has 27 heavy (non-hydrogen) atoms. The second-order valence-electron chi connectivity index (χ2n) is 7.18. The minimum atomic E-state index is -1.40. The smallest absolute Gasteiger partial charge is 0.314 e. The summed E-state index contributed by atoms with van der Waals surface area (Å²) in [6.45, 7) is 3.47. The number of ether oxygens (including phenoxy) is 1. The van der Waals surface area contributed by atoms with Crippen molar-refractivity contribution in [2.45, 2.75) is 39.5 Å². The average Bonchev–Trinajstić information content (AvgIpc) is 2.65. The molecule has 2 aromatic rings. The Morgan fingerprint density at radius 1 is 0.852 bits per heavy atom. The predicted molar refractivity (Wildman–Crippen MR) is 93.2 cm³/mol. The molecule has 0 aliphatic heterocycles. The van der Waals surface area contributed by atoms with Crippen LogP contribution in [-0.2, 0) is 4.79 Å². The summed E-state index contributed by atoms with van der Waals surface area (Å²) in [4.78, 5) is 12.2. The molecule has 0 saturated heterocycles. The molecule has 0 bridgehead atoms. The minimum Gasteiger partial charge on any atom is -0.423 e. The molecule has 3 rings (SSSR count).